The Hall–Kier alpha value is -3.68. The number of hydrogen-bond acceptors (Lipinski definition) is 8. The highest BCUT2D eigenvalue weighted by Gasteiger charge is 2.55. The summed E-state index contributed by atoms with van der Waals surface area (Å²) < 4.78 is 35.6. The number of nitrogens with one attached hydrogen (secondary N) is 3. The number of rotatable bonds is 9. The second kappa shape index (κ2) is 11.1. The number of carbonyl (C=O) groups excluding carboxylic acids is 1. The van der Waals surface area contributed by atoms with Gasteiger partial charge in [0.2, 0.25) is 5.95 Å². The Morgan fingerprint density at radius 2 is 1.90 bits per heavy atom. The van der Waals surface area contributed by atoms with Crippen molar-refractivity contribution >= 4 is 17.9 Å². The van der Waals surface area contributed by atoms with Gasteiger partial charge in [-0.2, -0.15) is 19.0 Å². The van der Waals surface area contributed by atoms with E-state index >= 15 is 0 Å². The Bertz CT molecular complexity index is 1260. The van der Waals surface area contributed by atoms with E-state index in [0.717, 1.165) is 32.1 Å². The topological polar surface area (TPSA) is 121 Å². The molecule has 9 nitrogen and oxygen atoms in total. The number of ether oxygens (including phenoxy) is 2. The van der Waals surface area contributed by atoms with Gasteiger partial charge in [0, 0.05) is 24.7 Å². The monoisotopic (exact) mass is 554 g/mol. The number of para-hydroxylation sites is 1. The van der Waals surface area contributed by atoms with E-state index in [-0.39, 0.29) is 35.8 Å². The van der Waals surface area contributed by atoms with Gasteiger partial charge < -0.3 is 25.4 Å². The molecule has 0 saturated heterocycles. The molecule has 4 bridgehead atoms. The Morgan fingerprint density at radius 1 is 1.18 bits per heavy atom. The number of anilines is 2. The van der Waals surface area contributed by atoms with Crippen molar-refractivity contribution in [3.8, 4) is 11.8 Å². The molecule has 5 atom stereocenters. The fourth-order valence-corrected chi connectivity index (χ4v) is 7.08. The molecule has 4 fully saturated rings. The first-order valence-corrected chi connectivity index (χ1v) is 13.8. The quantitative estimate of drug-likeness (QED) is 0.361. The summed E-state index contributed by atoms with van der Waals surface area (Å²) in [6.07, 6.45) is 6.44. The number of aromatic nitrogens is 2. The standard InChI is InChI=1S/C29H36F2N6O3/c1-28(2,3)40-27(38)36-23-19-8-17-9-20(23)12-29(10-17,11-19)16-35-24-21(13-32)15-34-26(37-24)33-14-18-6-4-5-7-22(18)39-25(30)31/h4-7,15,17,19-20,23,25H,8-12,14,16H2,1-3H3,(H,36,38)(H2,33,34,35,37)/t17?,19-,20+,23-,29-. The van der Waals surface area contributed by atoms with E-state index in [1.165, 1.54) is 12.3 Å². The van der Waals surface area contributed by atoms with Crippen molar-refractivity contribution in [2.75, 3.05) is 17.2 Å². The van der Waals surface area contributed by atoms with Crippen molar-refractivity contribution in [1.82, 2.24) is 15.3 Å². The molecule has 1 aromatic heterocycles. The van der Waals surface area contributed by atoms with Crippen molar-refractivity contribution < 1.29 is 23.0 Å². The van der Waals surface area contributed by atoms with Crippen molar-refractivity contribution in [3.05, 3.63) is 41.6 Å². The summed E-state index contributed by atoms with van der Waals surface area (Å²) in [4.78, 5) is 21.3. The smallest absolute Gasteiger partial charge is 0.407 e. The molecule has 214 valence electrons. The molecule has 6 rings (SSSR count). The third kappa shape index (κ3) is 6.37. The maximum absolute atomic E-state index is 12.8. The summed E-state index contributed by atoms with van der Waals surface area (Å²) >= 11 is 0. The van der Waals surface area contributed by atoms with Gasteiger partial charge in [0.25, 0.3) is 0 Å². The fourth-order valence-electron chi connectivity index (χ4n) is 7.08. The molecule has 4 saturated carbocycles. The second-order valence-corrected chi connectivity index (χ2v) is 12.4. The van der Waals surface area contributed by atoms with Crippen molar-refractivity contribution in [2.24, 2.45) is 23.2 Å². The van der Waals surface area contributed by atoms with Crippen LogP contribution in [0.25, 0.3) is 0 Å². The maximum atomic E-state index is 12.8. The number of benzene rings is 1. The van der Waals surface area contributed by atoms with Crippen LogP contribution in [-0.2, 0) is 11.3 Å². The normalized spacial score (nSPS) is 26.7. The maximum Gasteiger partial charge on any atom is 0.407 e. The van der Waals surface area contributed by atoms with Crippen LogP contribution < -0.4 is 20.7 Å². The molecule has 0 spiro atoms. The molecule has 2 aromatic rings. The average Bonchev–Trinajstić information content (AvgIpc) is 2.87. The summed E-state index contributed by atoms with van der Waals surface area (Å²) in [6.45, 7) is 3.54. The number of alkyl halides is 2. The molecular weight excluding hydrogens is 518 g/mol. The highest BCUT2D eigenvalue weighted by atomic mass is 19.3. The molecule has 40 heavy (non-hydrogen) atoms. The zero-order valence-electron chi connectivity index (χ0n) is 23.0. The number of amides is 1. The number of carbonyl (C=O) groups is 1. The first kappa shape index (κ1) is 27.9. The van der Waals surface area contributed by atoms with Gasteiger partial charge in [-0.25, -0.2) is 9.78 Å². The highest BCUT2D eigenvalue weighted by Crippen LogP contribution is 2.60. The minimum atomic E-state index is -2.92. The number of hydrogen-bond donors (Lipinski definition) is 3. The Balaban J connectivity index is 1.24. The molecule has 1 aromatic carbocycles. The number of alkyl carbamates (subject to hydrolysis) is 1. The van der Waals surface area contributed by atoms with E-state index in [0.29, 0.717) is 41.2 Å². The largest absolute Gasteiger partial charge is 0.444 e. The lowest BCUT2D eigenvalue weighted by atomic mass is 9.48. The Kier molecular flexibility index (Phi) is 7.71. The molecule has 4 aliphatic carbocycles. The van der Waals surface area contributed by atoms with Gasteiger partial charge in [0.05, 0.1) is 6.20 Å². The van der Waals surface area contributed by atoms with E-state index in [4.69, 9.17) is 4.74 Å². The van der Waals surface area contributed by atoms with Crippen LogP contribution in [-0.4, -0.2) is 40.9 Å². The predicted molar refractivity (Wildman–Crippen MR) is 145 cm³/mol. The lowest BCUT2D eigenvalue weighted by Gasteiger charge is -2.60. The lowest BCUT2D eigenvalue weighted by Crippen LogP contribution is -2.60. The third-order valence-corrected chi connectivity index (χ3v) is 8.25. The molecule has 0 aliphatic heterocycles. The van der Waals surface area contributed by atoms with Gasteiger partial charge in [-0.1, -0.05) is 18.2 Å². The van der Waals surface area contributed by atoms with Crippen LogP contribution in [0.2, 0.25) is 0 Å². The van der Waals surface area contributed by atoms with E-state index in [9.17, 15) is 18.8 Å². The van der Waals surface area contributed by atoms with Crippen LogP contribution in [0.15, 0.2) is 30.5 Å². The Morgan fingerprint density at radius 3 is 2.58 bits per heavy atom. The molecule has 3 N–H and O–H groups in total. The SMILES string of the molecule is CC(C)(C)OC(=O)N[C@@H]1[C@@H]2CC3C[C@H]1C[C@@](CNc1nc(NCc4ccccc4OC(F)F)ncc1C#N)(C3)C2. The highest BCUT2D eigenvalue weighted by molar-refractivity contribution is 5.68. The van der Waals surface area contributed by atoms with Crippen molar-refractivity contribution in [1.29, 1.82) is 5.26 Å². The first-order valence-electron chi connectivity index (χ1n) is 13.8. The number of nitriles is 1. The molecular formula is C29H36F2N6O3. The van der Waals surface area contributed by atoms with E-state index in [2.05, 4.69) is 36.7 Å². The average molecular weight is 555 g/mol. The zero-order valence-corrected chi connectivity index (χ0v) is 23.0. The van der Waals surface area contributed by atoms with Gasteiger partial charge in [-0.15, -0.1) is 0 Å². The van der Waals surface area contributed by atoms with Crippen LogP contribution in [0.1, 0.15) is 64.0 Å². The van der Waals surface area contributed by atoms with Gasteiger partial charge in [-0.05, 0) is 82.1 Å². The van der Waals surface area contributed by atoms with Crippen LogP contribution in [0, 0.1) is 34.5 Å². The lowest BCUT2D eigenvalue weighted by molar-refractivity contribution is -0.0703. The molecule has 0 radical (unpaired) electrons. The third-order valence-electron chi connectivity index (χ3n) is 8.25. The summed E-state index contributed by atoms with van der Waals surface area (Å²) in [5.74, 6) is 2.22. The number of nitrogens with zero attached hydrogens (tertiary/aromatic N) is 3. The van der Waals surface area contributed by atoms with Crippen LogP contribution in [0.3, 0.4) is 0 Å². The predicted octanol–water partition coefficient (Wildman–Crippen LogP) is 5.69. The molecule has 1 unspecified atom stereocenters. The summed E-state index contributed by atoms with van der Waals surface area (Å²) in [6, 6.07) is 8.81. The minimum Gasteiger partial charge on any atom is -0.444 e. The minimum absolute atomic E-state index is 0.0689. The van der Waals surface area contributed by atoms with Crippen LogP contribution in [0.4, 0.5) is 25.3 Å². The van der Waals surface area contributed by atoms with E-state index in [1.54, 1.807) is 18.2 Å². The van der Waals surface area contributed by atoms with E-state index in [1.807, 2.05) is 20.8 Å². The summed E-state index contributed by atoms with van der Waals surface area (Å²) in [5.41, 5.74) is 0.405. The second-order valence-electron chi connectivity index (χ2n) is 12.4. The van der Waals surface area contributed by atoms with Crippen LogP contribution >= 0.6 is 0 Å². The molecule has 1 amide bonds. The van der Waals surface area contributed by atoms with Gasteiger partial charge >= 0.3 is 12.7 Å². The van der Waals surface area contributed by atoms with Gasteiger partial charge in [0.15, 0.2) is 0 Å². The van der Waals surface area contributed by atoms with Crippen molar-refractivity contribution in [3.63, 3.8) is 0 Å². The first-order chi connectivity index (χ1) is 19.0. The van der Waals surface area contributed by atoms with Crippen molar-refractivity contribution in [2.45, 2.75) is 77.7 Å². The van der Waals surface area contributed by atoms with Gasteiger partial charge in [-0.3, -0.25) is 0 Å². The number of halogens is 2. The van der Waals surface area contributed by atoms with Gasteiger partial charge in [0.1, 0.15) is 28.8 Å². The van der Waals surface area contributed by atoms with Crippen LogP contribution in [0.5, 0.6) is 5.75 Å². The fraction of sp³-hybridized carbons (Fsp3) is 0.586. The molecule has 1 heterocycles. The summed E-state index contributed by atoms with van der Waals surface area (Å²) in [7, 11) is 0. The molecule has 4 aliphatic rings. The summed E-state index contributed by atoms with van der Waals surface area (Å²) in [5, 5.41) is 19.3. The Labute approximate surface area is 233 Å². The van der Waals surface area contributed by atoms with E-state index < -0.39 is 12.2 Å². The zero-order chi connectivity index (χ0) is 28.5. The molecule has 11 heteroatoms.